The Bertz CT molecular complexity index is 474. The van der Waals surface area contributed by atoms with E-state index in [1.807, 2.05) is 30.5 Å². The van der Waals surface area contributed by atoms with Crippen LogP contribution in [0, 0.1) is 13.5 Å². The topological polar surface area (TPSA) is 12.9 Å². The molecular formula is C17H21IrN-2. The zero-order valence-electron chi connectivity index (χ0n) is 12.0. The van der Waals surface area contributed by atoms with Crippen molar-refractivity contribution in [2.45, 2.75) is 32.6 Å². The number of benzene rings is 1. The summed E-state index contributed by atoms with van der Waals surface area (Å²) in [5, 5.41) is 0. The van der Waals surface area contributed by atoms with E-state index in [2.05, 4.69) is 44.0 Å². The van der Waals surface area contributed by atoms with Crippen LogP contribution < -0.4 is 0 Å². The largest absolute Gasteiger partial charge is 0.358 e. The summed E-state index contributed by atoms with van der Waals surface area (Å²) in [6.45, 7) is 6.70. The number of pyridine rings is 1. The first-order valence-corrected chi connectivity index (χ1v) is 6.07. The van der Waals surface area contributed by atoms with Gasteiger partial charge in [-0.3, -0.25) is 0 Å². The van der Waals surface area contributed by atoms with Crippen LogP contribution in [0.1, 0.15) is 32.8 Å². The van der Waals surface area contributed by atoms with Crippen LogP contribution in [-0.4, -0.2) is 4.98 Å². The van der Waals surface area contributed by atoms with Crippen LogP contribution in [0.5, 0.6) is 0 Å². The van der Waals surface area contributed by atoms with Gasteiger partial charge in [-0.05, 0) is 23.1 Å². The molecule has 1 nitrogen and oxygen atoms in total. The summed E-state index contributed by atoms with van der Waals surface area (Å²) in [6, 6.07) is 15.4. The fourth-order valence-corrected chi connectivity index (χ4v) is 1.71. The van der Waals surface area contributed by atoms with Crippen molar-refractivity contribution in [3.63, 3.8) is 0 Å². The van der Waals surface area contributed by atoms with Crippen LogP contribution in [0.25, 0.3) is 11.3 Å². The fourth-order valence-electron chi connectivity index (χ4n) is 1.71. The van der Waals surface area contributed by atoms with E-state index in [4.69, 9.17) is 0 Å². The number of aromatic nitrogens is 1. The van der Waals surface area contributed by atoms with Crippen LogP contribution >= 0.6 is 0 Å². The molecule has 0 atom stereocenters. The Hall–Kier alpha value is -0.981. The molecule has 19 heavy (non-hydrogen) atoms. The number of rotatable bonds is 3. The van der Waals surface area contributed by atoms with Crippen molar-refractivity contribution in [2.75, 3.05) is 0 Å². The zero-order chi connectivity index (χ0) is 12.3. The summed E-state index contributed by atoms with van der Waals surface area (Å²) in [7, 11) is 0. The summed E-state index contributed by atoms with van der Waals surface area (Å²) in [4.78, 5) is 4.53. The summed E-state index contributed by atoms with van der Waals surface area (Å²) in [5.74, 6) is 0. The molecule has 0 N–H and O–H groups in total. The van der Waals surface area contributed by atoms with Gasteiger partial charge in [-0.1, -0.05) is 32.9 Å². The first kappa shape index (κ1) is 18.0. The molecule has 1 aromatic heterocycles. The van der Waals surface area contributed by atoms with E-state index in [1.54, 1.807) is 0 Å². The summed E-state index contributed by atoms with van der Waals surface area (Å²) in [6.07, 6.45) is 3.10. The molecule has 0 aliphatic carbocycles. The predicted molar refractivity (Wildman–Crippen MR) is 78.2 cm³/mol. The molecule has 2 aromatic rings. The Kier molecular flexibility index (Phi) is 7.18. The van der Waals surface area contributed by atoms with Crippen molar-refractivity contribution in [3.8, 4) is 11.3 Å². The molecule has 1 heterocycles. The average Bonchev–Trinajstić information content (AvgIpc) is 2.40. The molecule has 0 spiro atoms. The van der Waals surface area contributed by atoms with Gasteiger partial charge in [-0.15, -0.1) is 35.9 Å². The third-order valence-corrected chi connectivity index (χ3v) is 3.41. The smallest absolute Gasteiger partial charge is 0.0198 e. The van der Waals surface area contributed by atoms with E-state index >= 15 is 0 Å². The van der Waals surface area contributed by atoms with Crippen molar-refractivity contribution < 1.29 is 20.1 Å². The molecule has 2 rings (SSSR count). The molecule has 0 fully saturated rings. The SMILES string of the molecule is CCC(C)(C)c1ccc(-c2[c-]cccc2)nc1.[CH3-].[Ir]. The Morgan fingerprint density at radius 1 is 1.16 bits per heavy atom. The van der Waals surface area contributed by atoms with Crippen molar-refractivity contribution in [1.82, 2.24) is 4.98 Å². The Balaban J connectivity index is 0.00000162. The molecule has 1 aromatic carbocycles. The van der Waals surface area contributed by atoms with E-state index in [0.29, 0.717) is 0 Å². The molecule has 2 heteroatoms. The maximum Gasteiger partial charge on any atom is 0.0198 e. The van der Waals surface area contributed by atoms with Gasteiger partial charge in [0.2, 0.25) is 0 Å². The van der Waals surface area contributed by atoms with Gasteiger partial charge >= 0.3 is 0 Å². The van der Waals surface area contributed by atoms with Gasteiger partial charge in [0.25, 0.3) is 0 Å². The second-order valence-electron chi connectivity index (χ2n) is 4.95. The second kappa shape index (κ2) is 7.57. The summed E-state index contributed by atoms with van der Waals surface area (Å²) in [5.41, 5.74) is 3.53. The van der Waals surface area contributed by atoms with E-state index < -0.39 is 0 Å². The molecule has 0 saturated heterocycles. The average molecular weight is 432 g/mol. The normalized spacial score (nSPS) is 10.3. The van der Waals surface area contributed by atoms with Crippen molar-refractivity contribution in [1.29, 1.82) is 0 Å². The van der Waals surface area contributed by atoms with Crippen LogP contribution in [0.2, 0.25) is 0 Å². The van der Waals surface area contributed by atoms with Gasteiger partial charge in [0.15, 0.2) is 0 Å². The Labute approximate surface area is 130 Å². The monoisotopic (exact) mass is 432 g/mol. The third-order valence-electron chi connectivity index (χ3n) is 3.41. The number of hydrogen-bond donors (Lipinski definition) is 0. The first-order valence-electron chi connectivity index (χ1n) is 6.07. The molecule has 1 radical (unpaired) electrons. The van der Waals surface area contributed by atoms with Crippen molar-refractivity contribution >= 4 is 0 Å². The van der Waals surface area contributed by atoms with Gasteiger partial charge < -0.3 is 12.4 Å². The standard InChI is InChI=1S/C16H18N.CH3.Ir/c1-4-16(2,3)14-10-11-15(17-12-14)13-8-6-5-7-9-13;;/h5-8,10-12H,4H2,1-3H3;1H3;/q2*-1;. The number of hydrogen-bond acceptors (Lipinski definition) is 1. The molecule has 0 saturated carbocycles. The van der Waals surface area contributed by atoms with Gasteiger partial charge in [0.05, 0.1) is 0 Å². The minimum absolute atomic E-state index is 0. The molecule has 0 aliphatic heterocycles. The molecule has 0 unspecified atom stereocenters. The van der Waals surface area contributed by atoms with Crippen LogP contribution in [0.3, 0.4) is 0 Å². The molecule has 0 aliphatic rings. The molecule has 0 amide bonds. The minimum atomic E-state index is 0. The number of nitrogens with zero attached hydrogens (tertiary/aromatic N) is 1. The first-order chi connectivity index (χ1) is 8.13. The van der Waals surface area contributed by atoms with Gasteiger partial charge in [-0.2, -0.15) is 0 Å². The van der Waals surface area contributed by atoms with Crippen LogP contribution in [0.4, 0.5) is 0 Å². The maximum atomic E-state index is 4.53. The second-order valence-corrected chi connectivity index (χ2v) is 4.95. The molecular weight excluding hydrogens is 410 g/mol. The van der Waals surface area contributed by atoms with E-state index in [-0.39, 0.29) is 32.9 Å². The Morgan fingerprint density at radius 3 is 2.37 bits per heavy atom. The summed E-state index contributed by atoms with van der Waals surface area (Å²) >= 11 is 0. The van der Waals surface area contributed by atoms with Gasteiger partial charge in [-0.25, -0.2) is 0 Å². The van der Waals surface area contributed by atoms with E-state index in [9.17, 15) is 0 Å². The van der Waals surface area contributed by atoms with Crippen molar-refractivity contribution in [3.05, 3.63) is 61.7 Å². The maximum absolute atomic E-state index is 4.53. The molecule has 0 bridgehead atoms. The van der Waals surface area contributed by atoms with E-state index in [1.165, 1.54) is 5.56 Å². The minimum Gasteiger partial charge on any atom is -0.358 e. The summed E-state index contributed by atoms with van der Waals surface area (Å²) < 4.78 is 0. The van der Waals surface area contributed by atoms with Gasteiger partial charge in [0.1, 0.15) is 0 Å². The quantitative estimate of drug-likeness (QED) is 0.643. The van der Waals surface area contributed by atoms with Gasteiger partial charge in [0, 0.05) is 26.3 Å². The molecule has 105 valence electrons. The van der Waals surface area contributed by atoms with Crippen molar-refractivity contribution in [2.24, 2.45) is 0 Å². The van der Waals surface area contributed by atoms with Crippen LogP contribution in [0.15, 0.2) is 42.6 Å². The fraction of sp³-hybridized carbons (Fsp3) is 0.294. The predicted octanol–water partition coefficient (Wildman–Crippen LogP) is 4.68. The zero-order valence-corrected chi connectivity index (χ0v) is 14.4. The Morgan fingerprint density at radius 2 is 1.89 bits per heavy atom. The van der Waals surface area contributed by atoms with Crippen LogP contribution in [-0.2, 0) is 25.5 Å². The van der Waals surface area contributed by atoms with E-state index in [0.717, 1.165) is 17.7 Å². The third kappa shape index (κ3) is 4.26.